The molecule has 1 aromatic rings. The van der Waals surface area contributed by atoms with Crippen LogP contribution in [0.5, 0.6) is 5.75 Å². The van der Waals surface area contributed by atoms with Crippen LogP contribution >= 0.6 is 0 Å². The maximum atomic E-state index is 12.9. The summed E-state index contributed by atoms with van der Waals surface area (Å²) >= 11 is 0. The van der Waals surface area contributed by atoms with Gasteiger partial charge >= 0.3 is 0 Å². The Morgan fingerprint density at radius 2 is 2.03 bits per heavy atom. The van der Waals surface area contributed by atoms with Crippen LogP contribution < -0.4 is 13.8 Å². The van der Waals surface area contributed by atoms with Crippen LogP contribution in [0.1, 0.15) is 39.0 Å². The standard InChI is InChI=1S/C19H26N2O6S2/c1-14-13-28(23,24)21(19(14)22)16-8-9-17(27-2)18(12-16)29(25,26)20-11-10-15-6-4-3-5-7-15/h6,8-9,12,14,20H,3-5,7,10-11,13H2,1-2H3. The van der Waals surface area contributed by atoms with Gasteiger partial charge in [0.2, 0.25) is 26.0 Å². The van der Waals surface area contributed by atoms with E-state index in [0.717, 1.165) is 25.7 Å². The van der Waals surface area contributed by atoms with Crippen molar-refractivity contribution in [1.82, 2.24) is 4.72 Å². The number of ether oxygens (including phenoxy) is 1. The number of carbonyl (C=O) groups excluding carboxylic acids is 1. The first-order chi connectivity index (χ1) is 13.7. The van der Waals surface area contributed by atoms with Gasteiger partial charge in [0.15, 0.2) is 0 Å². The summed E-state index contributed by atoms with van der Waals surface area (Å²) in [5, 5.41) is 0. The Bertz CT molecular complexity index is 1030. The van der Waals surface area contributed by atoms with Gasteiger partial charge in [0.05, 0.1) is 24.5 Å². The van der Waals surface area contributed by atoms with Crippen LogP contribution in [0.25, 0.3) is 0 Å². The lowest BCUT2D eigenvalue weighted by Crippen LogP contribution is -2.31. The van der Waals surface area contributed by atoms with Crippen molar-refractivity contribution in [2.75, 3.05) is 23.7 Å². The number of hydrogen-bond acceptors (Lipinski definition) is 6. The van der Waals surface area contributed by atoms with Gasteiger partial charge in [-0.25, -0.2) is 25.9 Å². The molecule has 10 heteroatoms. The third-order valence-electron chi connectivity index (χ3n) is 5.15. The number of rotatable bonds is 7. The molecule has 1 unspecified atom stereocenters. The van der Waals surface area contributed by atoms with Crippen molar-refractivity contribution in [2.24, 2.45) is 5.92 Å². The van der Waals surface area contributed by atoms with Crippen molar-refractivity contribution in [3.05, 3.63) is 29.8 Å². The van der Waals surface area contributed by atoms with Crippen molar-refractivity contribution in [2.45, 2.75) is 43.9 Å². The first-order valence-electron chi connectivity index (χ1n) is 9.58. The fourth-order valence-corrected chi connectivity index (χ4v) is 6.67. The summed E-state index contributed by atoms with van der Waals surface area (Å²) < 4.78 is 58.8. The molecule has 3 rings (SSSR count). The van der Waals surface area contributed by atoms with E-state index in [-0.39, 0.29) is 28.6 Å². The number of sulfonamides is 2. The molecule has 0 bridgehead atoms. The highest BCUT2D eigenvalue weighted by Gasteiger charge is 2.42. The Hall–Kier alpha value is -1.91. The number of hydrogen-bond donors (Lipinski definition) is 1. The first-order valence-corrected chi connectivity index (χ1v) is 12.7. The van der Waals surface area contributed by atoms with Crippen LogP contribution in [0.2, 0.25) is 0 Å². The maximum Gasteiger partial charge on any atom is 0.244 e. The summed E-state index contributed by atoms with van der Waals surface area (Å²) in [4.78, 5) is 12.1. The van der Waals surface area contributed by atoms with Gasteiger partial charge in [0, 0.05) is 6.54 Å². The predicted octanol–water partition coefficient (Wildman–Crippen LogP) is 2.18. The van der Waals surface area contributed by atoms with Crippen molar-refractivity contribution < 1.29 is 26.4 Å². The predicted molar refractivity (Wildman–Crippen MR) is 110 cm³/mol. The normalized spacial score (nSPS) is 21.9. The number of methoxy groups -OCH3 is 1. The number of allylic oxidation sites excluding steroid dienone is 1. The molecular weight excluding hydrogens is 416 g/mol. The van der Waals surface area contributed by atoms with Gasteiger partial charge in [-0.2, -0.15) is 0 Å². The number of nitrogens with one attached hydrogen (secondary N) is 1. The van der Waals surface area contributed by atoms with Gasteiger partial charge < -0.3 is 4.74 Å². The maximum absolute atomic E-state index is 12.9. The lowest BCUT2D eigenvalue weighted by molar-refractivity contribution is -0.119. The summed E-state index contributed by atoms with van der Waals surface area (Å²) in [5.41, 5.74) is 1.23. The quantitative estimate of drug-likeness (QED) is 0.648. The molecule has 1 heterocycles. The van der Waals surface area contributed by atoms with Gasteiger partial charge in [0.25, 0.3) is 0 Å². The number of nitrogens with zero attached hydrogens (tertiary/aromatic N) is 1. The minimum Gasteiger partial charge on any atom is -0.495 e. The Kier molecular flexibility index (Phi) is 6.35. The lowest BCUT2D eigenvalue weighted by atomic mass is 9.97. The van der Waals surface area contributed by atoms with Crippen molar-refractivity contribution in [3.63, 3.8) is 0 Å². The Morgan fingerprint density at radius 1 is 1.28 bits per heavy atom. The Labute approximate surface area is 172 Å². The molecule has 0 aromatic heterocycles. The minimum atomic E-state index is -3.96. The SMILES string of the molecule is COc1ccc(N2C(=O)C(C)CS2(=O)=O)cc1S(=O)(=O)NCCC1=CCCCC1. The number of amides is 1. The summed E-state index contributed by atoms with van der Waals surface area (Å²) in [7, 11) is -6.46. The van der Waals surface area contributed by atoms with Gasteiger partial charge in [-0.1, -0.05) is 18.6 Å². The van der Waals surface area contributed by atoms with Crippen molar-refractivity contribution in [3.8, 4) is 5.75 Å². The van der Waals surface area contributed by atoms with Crippen molar-refractivity contribution >= 4 is 31.6 Å². The zero-order valence-electron chi connectivity index (χ0n) is 16.5. The van der Waals surface area contributed by atoms with E-state index in [1.807, 2.05) is 0 Å². The molecule has 1 aromatic carbocycles. The Morgan fingerprint density at radius 3 is 2.62 bits per heavy atom. The monoisotopic (exact) mass is 442 g/mol. The summed E-state index contributed by atoms with van der Waals surface area (Å²) in [6, 6.07) is 3.91. The smallest absolute Gasteiger partial charge is 0.244 e. The van der Waals surface area contributed by atoms with E-state index in [1.165, 1.54) is 37.8 Å². The second-order valence-electron chi connectivity index (χ2n) is 7.37. The van der Waals surface area contributed by atoms with E-state index >= 15 is 0 Å². The number of benzene rings is 1. The van der Waals surface area contributed by atoms with Gasteiger partial charge in [-0.15, -0.1) is 0 Å². The van der Waals surface area contributed by atoms with E-state index in [4.69, 9.17) is 4.74 Å². The lowest BCUT2D eigenvalue weighted by Gasteiger charge is -2.18. The molecule has 1 aliphatic carbocycles. The fraction of sp³-hybridized carbons (Fsp3) is 0.526. The molecule has 1 saturated heterocycles. The molecule has 0 radical (unpaired) electrons. The van der Waals surface area contributed by atoms with E-state index in [0.29, 0.717) is 10.7 Å². The topological polar surface area (TPSA) is 110 Å². The van der Waals surface area contributed by atoms with E-state index in [9.17, 15) is 21.6 Å². The molecule has 1 fully saturated rings. The van der Waals surface area contributed by atoms with E-state index < -0.39 is 31.9 Å². The van der Waals surface area contributed by atoms with E-state index in [1.54, 1.807) is 0 Å². The molecule has 160 valence electrons. The van der Waals surface area contributed by atoms with E-state index in [2.05, 4.69) is 10.8 Å². The molecule has 29 heavy (non-hydrogen) atoms. The third-order valence-corrected chi connectivity index (χ3v) is 8.51. The van der Waals surface area contributed by atoms with Crippen LogP contribution in [-0.4, -0.2) is 42.2 Å². The van der Waals surface area contributed by atoms with Crippen LogP contribution in [0.15, 0.2) is 34.7 Å². The fourth-order valence-electron chi connectivity index (χ4n) is 3.64. The number of carbonyl (C=O) groups is 1. The summed E-state index contributed by atoms with van der Waals surface area (Å²) in [6.45, 7) is 1.77. The van der Waals surface area contributed by atoms with Crippen LogP contribution in [0, 0.1) is 5.92 Å². The second kappa shape index (κ2) is 8.45. The Balaban J connectivity index is 1.86. The molecule has 0 spiro atoms. The van der Waals surface area contributed by atoms with Crippen molar-refractivity contribution in [1.29, 1.82) is 0 Å². The molecule has 8 nitrogen and oxygen atoms in total. The summed E-state index contributed by atoms with van der Waals surface area (Å²) in [6.07, 6.45) is 7.06. The average Bonchev–Trinajstić information content (AvgIpc) is 2.88. The number of anilines is 1. The highest BCUT2D eigenvalue weighted by atomic mass is 32.2. The molecule has 1 N–H and O–H groups in total. The third kappa shape index (κ3) is 4.65. The molecule has 1 amide bonds. The zero-order chi connectivity index (χ0) is 21.2. The van der Waals surface area contributed by atoms with Crippen LogP contribution in [0.4, 0.5) is 5.69 Å². The first kappa shape index (κ1) is 21.8. The molecular formula is C19H26N2O6S2. The minimum absolute atomic E-state index is 0.00415. The van der Waals surface area contributed by atoms with Gasteiger partial charge in [-0.3, -0.25) is 4.79 Å². The summed E-state index contributed by atoms with van der Waals surface area (Å²) in [5.74, 6) is -1.47. The molecule has 2 aliphatic rings. The van der Waals surface area contributed by atoms with Gasteiger partial charge in [0.1, 0.15) is 10.6 Å². The highest BCUT2D eigenvalue weighted by molar-refractivity contribution is 7.94. The molecule has 1 aliphatic heterocycles. The van der Waals surface area contributed by atoms with Crippen LogP contribution in [-0.2, 0) is 24.8 Å². The van der Waals surface area contributed by atoms with Gasteiger partial charge in [-0.05, 0) is 50.3 Å². The second-order valence-corrected chi connectivity index (χ2v) is 11.0. The molecule has 0 saturated carbocycles. The van der Waals surface area contributed by atoms with Crippen LogP contribution in [0.3, 0.4) is 0 Å². The zero-order valence-corrected chi connectivity index (χ0v) is 18.2. The highest BCUT2D eigenvalue weighted by Crippen LogP contribution is 2.34. The average molecular weight is 443 g/mol. The molecule has 1 atom stereocenters. The largest absolute Gasteiger partial charge is 0.495 e.